The van der Waals surface area contributed by atoms with Crippen LogP contribution in [0, 0.1) is 0 Å². The molecule has 0 aliphatic heterocycles. The Kier molecular flexibility index (Phi) is 4.88. The number of fused-ring (bicyclic) bond motifs is 1. The van der Waals surface area contributed by atoms with Gasteiger partial charge in [-0.05, 0) is 30.5 Å². The smallest absolute Gasteiger partial charge is 0.271 e. The first kappa shape index (κ1) is 16.8. The van der Waals surface area contributed by atoms with Gasteiger partial charge >= 0.3 is 0 Å². The molecule has 1 N–H and O–H groups in total. The van der Waals surface area contributed by atoms with Crippen LogP contribution in [0.4, 0.5) is 0 Å². The Labute approximate surface area is 146 Å². The van der Waals surface area contributed by atoms with Crippen molar-refractivity contribution < 1.29 is 19.0 Å². The zero-order valence-corrected chi connectivity index (χ0v) is 14.5. The SMILES string of the molecule is COc1cc(C(=O)NN=C2CCc3ccccc32)cc(OC)c1OC. The predicted molar refractivity (Wildman–Crippen MR) is 94.9 cm³/mol. The van der Waals surface area contributed by atoms with Gasteiger partial charge in [0.25, 0.3) is 5.91 Å². The maximum atomic E-state index is 12.5. The molecule has 0 saturated heterocycles. The standard InChI is InChI=1S/C19H20N2O4/c1-23-16-10-13(11-17(24-2)18(16)25-3)19(22)21-20-15-9-8-12-6-4-5-7-14(12)15/h4-7,10-11H,8-9H2,1-3H3,(H,21,22). The molecule has 3 rings (SSSR count). The van der Waals surface area contributed by atoms with Gasteiger partial charge in [0.2, 0.25) is 5.75 Å². The second-order valence-electron chi connectivity index (χ2n) is 5.57. The highest BCUT2D eigenvalue weighted by Crippen LogP contribution is 2.38. The van der Waals surface area contributed by atoms with Crippen molar-refractivity contribution in [1.29, 1.82) is 0 Å². The Morgan fingerprint density at radius 1 is 1.00 bits per heavy atom. The maximum Gasteiger partial charge on any atom is 0.271 e. The molecule has 6 nitrogen and oxygen atoms in total. The third-order valence-electron chi connectivity index (χ3n) is 4.18. The highest BCUT2D eigenvalue weighted by atomic mass is 16.5. The number of nitrogens with zero attached hydrogens (tertiary/aromatic N) is 1. The lowest BCUT2D eigenvalue weighted by atomic mass is 10.1. The second-order valence-corrected chi connectivity index (χ2v) is 5.57. The number of nitrogens with one attached hydrogen (secondary N) is 1. The Morgan fingerprint density at radius 3 is 2.32 bits per heavy atom. The first-order valence-corrected chi connectivity index (χ1v) is 7.93. The number of methoxy groups -OCH3 is 3. The van der Waals surface area contributed by atoms with Gasteiger partial charge in [-0.1, -0.05) is 24.3 Å². The van der Waals surface area contributed by atoms with Crippen LogP contribution in [0.3, 0.4) is 0 Å². The molecule has 1 amide bonds. The van der Waals surface area contributed by atoms with E-state index in [0.717, 1.165) is 24.1 Å². The molecule has 2 aromatic carbocycles. The summed E-state index contributed by atoms with van der Waals surface area (Å²) in [6.07, 6.45) is 1.75. The summed E-state index contributed by atoms with van der Waals surface area (Å²) in [4.78, 5) is 12.5. The molecule has 25 heavy (non-hydrogen) atoms. The topological polar surface area (TPSA) is 69.2 Å². The van der Waals surface area contributed by atoms with Crippen molar-refractivity contribution in [3.8, 4) is 17.2 Å². The Morgan fingerprint density at radius 2 is 1.68 bits per heavy atom. The number of carbonyl (C=O) groups is 1. The van der Waals surface area contributed by atoms with Gasteiger partial charge in [0.15, 0.2) is 11.5 Å². The van der Waals surface area contributed by atoms with Crippen molar-refractivity contribution in [1.82, 2.24) is 5.43 Å². The minimum atomic E-state index is -0.337. The number of hydrogen-bond donors (Lipinski definition) is 1. The van der Waals surface area contributed by atoms with Crippen LogP contribution in [0.15, 0.2) is 41.5 Å². The van der Waals surface area contributed by atoms with Crippen molar-refractivity contribution >= 4 is 11.6 Å². The normalized spacial score (nSPS) is 14.1. The molecule has 0 unspecified atom stereocenters. The molecule has 0 radical (unpaired) electrons. The highest BCUT2D eigenvalue weighted by molar-refractivity contribution is 6.05. The second kappa shape index (κ2) is 7.25. The molecule has 0 bridgehead atoms. The molecule has 0 fully saturated rings. The highest BCUT2D eigenvalue weighted by Gasteiger charge is 2.19. The van der Waals surface area contributed by atoms with E-state index in [1.54, 1.807) is 12.1 Å². The van der Waals surface area contributed by atoms with E-state index in [0.29, 0.717) is 22.8 Å². The summed E-state index contributed by atoms with van der Waals surface area (Å²) < 4.78 is 15.8. The number of benzene rings is 2. The zero-order chi connectivity index (χ0) is 17.8. The fourth-order valence-corrected chi connectivity index (χ4v) is 2.92. The Balaban J connectivity index is 1.84. The first-order chi connectivity index (χ1) is 12.2. The molecule has 130 valence electrons. The quantitative estimate of drug-likeness (QED) is 0.850. The largest absolute Gasteiger partial charge is 0.493 e. The maximum absolute atomic E-state index is 12.5. The van der Waals surface area contributed by atoms with Gasteiger partial charge < -0.3 is 14.2 Å². The lowest BCUT2D eigenvalue weighted by Crippen LogP contribution is -2.19. The molecule has 0 aromatic heterocycles. The predicted octanol–water partition coefficient (Wildman–Crippen LogP) is 2.79. The van der Waals surface area contributed by atoms with E-state index in [1.165, 1.54) is 26.9 Å². The number of aryl methyl sites for hydroxylation is 1. The van der Waals surface area contributed by atoms with Gasteiger partial charge in [-0.15, -0.1) is 0 Å². The van der Waals surface area contributed by atoms with Crippen LogP contribution in [0.1, 0.15) is 27.9 Å². The van der Waals surface area contributed by atoms with Gasteiger partial charge in [0, 0.05) is 11.1 Å². The van der Waals surface area contributed by atoms with E-state index in [1.807, 2.05) is 18.2 Å². The number of ether oxygens (including phenoxy) is 3. The summed E-state index contributed by atoms with van der Waals surface area (Å²) in [6.45, 7) is 0. The van der Waals surface area contributed by atoms with Crippen LogP contribution in [0.2, 0.25) is 0 Å². The molecule has 0 atom stereocenters. The molecule has 6 heteroatoms. The molecule has 0 heterocycles. The molecule has 1 aliphatic rings. The van der Waals surface area contributed by atoms with Crippen LogP contribution in [0.25, 0.3) is 0 Å². The van der Waals surface area contributed by atoms with E-state index < -0.39 is 0 Å². The zero-order valence-electron chi connectivity index (χ0n) is 14.5. The van der Waals surface area contributed by atoms with E-state index in [-0.39, 0.29) is 5.91 Å². The van der Waals surface area contributed by atoms with E-state index in [9.17, 15) is 4.79 Å². The molecular formula is C19H20N2O4. The van der Waals surface area contributed by atoms with Crippen LogP contribution < -0.4 is 19.6 Å². The summed E-state index contributed by atoms with van der Waals surface area (Å²) >= 11 is 0. The number of amides is 1. The lowest BCUT2D eigenvalue weighted by Gasteiger charge is -2.13. The third-order valence-corrected chi connectivity index (χ3v) is 4.18. The Bertz CT molecular complexity index is 805. The molecule has 1 aliphatic carbocycles. The van der Waals surface area contributed by atoms with Crippen molar-refractivity contribution in [2.75, 3.05) is 21.3 Å². The van der Waals surface area contributed by atoms with E-state index >= 15 is 0 Å². The lowest BCUT2D eigenvalue weighted by molar-refractivity contribution is 0.0954. The van der Waals surface area contributed by atoms with Crippen molar-refractivity contribution in [2.24, 2.45) is 5.10 Å². The van der Waals surface area contributed by atoms with Crippen LogP contribution in [-0.2, 0) is 6.42 Å². The van der Waals surface area contributed by atoms with Crippen molar-refractivity contribution in [2.45, 2.75) is 12.8 Å². The molecule has 2 aromatic rings. The number of hydrogen-bond acceptors (Lipinski definition) is 5. The van der Waals surface area contributed by atoms with Gasteiger partial charge in [-0.25, -0.2) is 5.43 Å². The van der Waals surface area contributed by atoms with Gasteiger partial charge in [-0.2, -0.15) is 5.10 Å². The minimum absolute atomic E-state index is 0.337. The fourth-order valence-electron chi connectivity index (χ4n) is 2.92. The van der Waals surface area contributed by atoms with Crippen molar-refractivity contribution in [3.05, 3.63) is 53.1 Å². The van der Waals surface area contributed by atoms with Gasteiger partial charge in [-0.3, -0.25) is 4.79 Å². The average Bonchev–Trinajstić information content (AvgIpc) is 3.07. The van der Waals surface area contributed by atoms with E-state index in [2.05, 4.69) is 16.6 Å². The van der Waals surface area contributed by atoms with E-state index in [4.69, 9.17) is 14.2 Å². The summed E-state index contributed by atoms with van der Waals surface area (Å²) in [6, 6.07) is 11.3. The number of hydrazone groups is 1. The fraction of sp³-hybridized carbons (Fsp3) is 0.263. The number of carbonyl (C=O) groups excluding carboxylic acids is 1. The summed E-state index contributed by atoms with van der Waals surface area (Å²) in [5.41, 5.74) is 6.23. The monoisotopic (exact) mass is 340 g/mol. The Hall–Kier alpha value is -3.02. The molecular weight excluding hydrogens is 320 g/mol. The average molecular weight is 340 g/mol. The minimum Gasteiger partial charge on any atom is -0.493 e. The summed E-state index contributed by atoms with van der Waals surface area (Å²) in [5.74, 6) is 0.949. The van der Waals surface area contributed by atoms with Crippen LogP contribution >= 0.6 is 0 Å². The third kappa shape index (κ3) is 3.28. The van der Waals surface area contributed by atoms with Crippen LogP contribution in [0.5, 0.6) is 17.2 Å². The summed E-state index contributed by atoms with van der Waals surface area (Å²) in [7, 11) is 4.53. The molecule has 0 spiro atoms. The first-order valence-electron chi connectivity index (χ1n) is 7.93. The number of rotatable bonds is 5. The van der Waals surface area contributed by atoms with Gasteiger partial charge in [0.1, 0.15) is 0 Å². The van der Waals surface area contributed by atoms with Gasteiger partial charge in [0.05, 0.1) is 27.0 Å². The van der Waals surface area contributed by atoms with Crippen LogP contribution in [-0.4, -0.2) is 32.9 Å². The summed E-state index contributed by atoms with van der Waals surface area (Å²) in [5, 5.41) is 4.30. The van der Waals surface area contributed by atoms with Crippen molar-refractivity contribution in [3.63, 3.8) is 0 Å². The molecule has 0 saturated carbocycles.